The van der Waals surface area contributed by atoms with Crippen LogP contribution in [0.5, 0.6) is 0 Å². The zero-order chi connectivity index (χ0) is 41.8. The molecule has 2 heterocycles. The lowest BCUT2D eigenvalue weighted by molar-refractivity contribution is 0.867. The van der Waals surface area contributed by atoms with E-state index in [9.17, 15) is 0 Å². The molecule has 0 aliphatic carbocycles. The van der Waals surface area contributed by atoms with Crippen LogP contribution in [0.3, 0.4) is 0 Å². The van der Waals surface area contributed by atoms with Crippen LogP contribution < -0.4 is 0 Å². The fourth-order valence-corrected chi connectivity index (χ4v) is 7.41. The van der Waals surface area contributed by atoms with Gasteiger partial charge in [0.1, 0.15) is 0 Å². The molecule has 0 radical (unpaired) electrons. The Morgan fingerprint density at radius 2 is 1.02 bits per heavy atom. The molecule has 58 heavy (non-hydrogen) atoms. The van der Waals surface area contributed by atoms with Gasteiger partial charge in [-0.3, -0.25) is 0 Å². The number of para-hydroxylation sites is 2. The molecule has 0 saturated heterocycles. The molecule has 9 rings (SSSR count). The van der Waals surface area contributed by atoms with Crippen molar-refractivity contribution in [3.8, 4) is 5.69 Å². The van der Waals surface area contributed by atoms with Gasteiger partial charge in [0.15, 0.2) is 0 Å². The van der Waals surface area contributed by atoms with Crippen LogP contribution in [0.1, 0.15) is 69.7 Å². The minimum Gasteiger partial charge on any atom is -0.343 e. The average Bonchev–Trinajstić information content (AvgIpc) is 3.76. The molecule has 294 valence electrons. The zero-order valence-electron chi connectivity index (χ0n) is 36.1. The van der Waals surface area contributed by atoms with Crippen LogP contribution in [0.15, 0.2) is 183 Å². The topological polar surface area (TPSA) is 9.86 Å². The van der Waals surface area contributed by atoms with Crippen LogP contribution in [0, 0.1) is 13.8 Å². The standard InChI is InChI=1S/C32H24N2.C9H12.C8H10.C5H8.C2H6/c1-20(2)21-16-18-22(19-17-21)34-28-15-9-7-13-26(28)30-29-25-12-6-8-14-27(25)33(3)31(29)23-10-4-5-11-24(23)32(30)34;1-8(2)9-6-4-3-5-7-9;1-7-5-3-4-6-8(7)2;1-3-5-4-2;1-2/h4-19H,1H2,2-3H3;3-8H,1-2H3;3-6H,1-2H3;3-5H,1H2,2H3;1-2H3/b;;;5-4-;. The largest absolute Gasteiger partial charge is 0.343 e. The van der Waals surface area contributed by atoms with Gasteiger partial charge < -0.3 is 9.13 Å². The third kappa shape index (κ3) is 9.09. The maximum Gasteiger partial charge on any atom is 0.0627 e. The van der Waals surface area contributed by atoms with Crippen molar-refractivity contribution in [2.24, 2.45) is 7.05 Å². The van der Waals surface area contributed by atoms with E-state index < -0.39 is 0 Å². The first-order chi connectivity index (χ1) is 28.2. The Kier molecular flexibility index (Phi) is 14.9. The quantitative estimate of drug-likeness (QED) is 0.158. The van der Waals surface area contributed by atoms with E-state index in [0.29, 0.717) is 5.92 Å². The Labute approximate surface area is 347 Å². The van der Waals surface area contributed by atoms with Gasteiger partial charge >= 0.3 is 0 Å². The summed E-state index contributed by atoms with van der Waals surface area (Å²) >= 11 is 0. The molecule has 2 aromatic heterocycles. The first-order valence-electron chi connectivity index (χ1n) is 20.6. The summed E-state index contributed by atoms with van der Waals surface area (Å²) in [5.41, 5.74) is 12.6. The van der Waals surface area contributed by atoms with Crippen molar-refractivity contribution in [3.63, 3.8) is 0 Å². The second kappa shape index (κ2) is 20.2. The summed E-state index contributed by atoms with van der Waals surface area (Å²) in [4.78, 5) is 0. The van der Waals surface area contributed by atoms with Crippen molar-refractivity contribution in [2.75, 3.05) is 0 Å². The lowest BCUT2D eigenvalue weighted by Crippen LogP contribution is -1.95. The molecule has 0 amide bonds. The van der Waals surface area contributed by atoms with E-state index in [2.05, 4.69) is 210 Å². The van der Waals surface area contributed by atoms with Crippen molar-refractivity contribution in [2.45, 2.75) is 61.3 Å². The highest BCUT2D eigenvalue weighted by atomic mass is 15.0. The average molecular weight is 761 g/mol. The molecule has 0 aliphatic rings. The van der Waals surface area contributed by atoms with E-state index in [-0.39, 0.29) is 0 Å². The number of hydrogen-bond acceptors (Lipinski definition) is 0. The molecule has 0 N–H and O–H groups in total. The van der Waals surface area contributed by atoms with Crippen LogP contribution in [-0.4, -0.2) is 9.13 Å². The van der Waals surface area contributed by atoms with E-state index in [0.717, 1.165) is 5.57 Å². The monoisotopic (exact) mass is 760 g/mol. The predicted octanol–water partition coefficient (Wildman–Crippen LogP) is 16.5. The van der Waals surface area contributed by atoms with Gasteiger partial charge in [0.05, 0.1) is 16.6 Å². The van der Waals surface area contributed by atoms with Gasteiger partial charge in [0.25, 0.3) is 0 Å². The molecule has 0 aliphatic heterocycles. The summed E-state index contributed by atoms with van der Waals surface area (Å²) in [6.45, 7) is 24.2. The summed E-state index contributed by atoms with van der Waals surface area (Å²) in [6, 6.07) is 54.1. The minimum atomic E-state index is 0.659. The number of aromatic nitrogens is 2. The highest BCUT2D eigenvalue weighted by Gasteiger charge is 2.22. The molecular weight excluding hydrogens is 701 g/mol. The van der Waals surface area contributed by atoms with Crippen LogP contribution in [0.2, 0.25) is 0 Å². The van der Waals surface area contributed by atoms with E-state index in [4.69, 9.17) is 0 Å². The van der Waals surface area contributed by atoms with Crippen molar-refractivity contribution in [3.05, 3.63) is 205 Å². The maximum absolute atomic E-state index is 4.11. The highest BCUT2D eigenvalue weighted by Crippen LogP contribution is 2.45. The molecule has 7 aromatic carbocycles. The Hall–Kier alpha value is -6.38. The van der Waals surface area contributed by atoms with Crippen molar-refractivity contribution < 1.29 is 0 Å². The molecule has 0 atom stereocenters. The number of fused-ring (bicyclic) bond motifs is 10. The SMILES string of the molecule is C=C(C)c1ccc(-n2c3ccccc3c3c4c5ccccc5n(C)c4c4ccccc4c32)cc1.C=C/C=C\C.CC.CC(C)c1ccccc1.Cc1ccccc1C. The third-order valence-electron chi connectivity index (χ3n) is 10.5. The number of allylic oxidation sites excluding steroid dienone is 4. The van der Waals surface area contributed by atoms with Gasteiger partial charge in [-0.25, -0.2) is 0 Å². The van der Waals surface area contributed by atoms with E-state index in [1.807, 2.05) is 39.0 Å². The summed E-state index contributed by atoms with van der Waals surface area (Å²) in [5, 5.41) is 7.80. The zero-order valence-corrected chi connectivity index (χ0v) is 36.1. The number of benzene rings is 7. The van der Waals surface area contributed by atoms with Crippen LogP contribution in [-0.2, 0) is 7.05 Å². The van der Waals surface area contributed by atoms with Crippen molar-refractivity contribution >= 4 is 60.0 Å². The van der Waals surface area contributed by atoms with E-state index in [1.54, 1.807) is 6.08 Å². The Morgan fingerprint density at radius 3 is 1.48 bits per heavy atom. The molecule has 0 bridgehead atoms. The Morgan fingerprint density at radius 1 is 0.569 bits per heavy atom. The van der Waals surface area contributed by atoms with Gasteiger partial charge in [0, 0.05) is 50.6 Å². The Balaban J connectivity index is 0.000000217. The van der Waals surface area contributed by atoms with Crippen molar-refractivity contribution in [1.82, 2.24) is 9.13 Å². The summed E-state index contributed by atoms with van der Waals surface area (Å²) in [7, 11) is 2.19. The van der Waals surface area contributed by atoms with E-state index >= 15 is 0 Å². The summed E-state index contributed by atoms with van der Waals surface area (Å²) < 4.78 is 4.80. The summed E-state index contributed by atoms with van der Waals surface area (Å²) in [6.07, 6.45) is 5.58. The highest BCUT2D eigenvalue weighted by molar-refractivity contribution is 6.37. The normalized spacial score (nSPS) is 10.7. The number of aryl methyl sites for hydroxylation is 3. The Bertz CT molecular complexity index is 2770. The fraction of sp³-hybridized carbons (Fsp3) is 0.179. The van der Waals surface area contributed by atoms with Gasteiger partial charge in [-0.2, -0.15) is 0 Å². The predicted molar refractivity (Wildman–Crippen MR) is 260 cm³/mol. The van der Waals surface area contributed by atoms with Gasteiger partial charge in [-0.05, 0) is 80.1 Å². The van der Waals surface area contributed by atoms with Gasteiger partial charge in [-0.15, -0.1) is 0 Å². The molecule has 2 heteroatoms. The van der Waals surface area contributed by atoms with Crippen molar-refractivity contribution in [1.29, 1.82) is 0 Å². The number of hydrogen-bond donors (Lipinski definition) is 0. The molecule has 9 aromatic rings. The molecular formula is C56H60N2. The van der Waals surface area contributed by atoms with Gasteiger partial charge in [0.2, 0.25) is 0 Å². The first-order valence-corrected chi connectivity index (χ1v) is 20.6. The maximum atomic E-state index is 4.11. The molecule has 0 spiro atoms. The molecule has 0 saturated carbocycles. The van der Waals surface area contributed by atoms with Crippen LogP contribution >= 0.6 is 0 Å². The minimum absolute atomic E-state index is 0.659. The molecule has 0 fully saturated rings. The lowest BCUT2D eigenvalue weighted by Gasteiger charge is -2.12. The molecule has 0 unspecified atom stereocenters. The lowest BCUT2D eigenvalue weighted by atomic mass is 9.99. The second-order valence-electron chi connectivity index (χ2n) is 14.7. The van der Waals surface area contributed by atoms with Gasteiger partial charge in [-0.1, -0.05) is 192 Å². The second-order valence-corrected chi connectivity index (χ2v) is 14.7. The number of nitrogens with zero attached hydrogens (tertiary/aromatic N) is 2. The van der Waals surface area contributed by atoms with E-state index in [1.165, 1.54) is 82.3 Å². The summed E-state index contributed by atoms with van der Waals surface area (Å²) in [5.74, 6) is 0.659. The third-order valence-corrected chi connectivity index (χ3v) is 10.5. The molecule has 2 nitrogen and oxygen atoms in total. The fourth-order valence-electron chi connectivity index (χ4n) is 7.41. The number of rotatable bonds is 4. The first kappa shape index (κ1) is 42.8. The van der Waals surface area contributed by atoms with Crippen LogP contribution in [0.25, 0.3) is 65.6 Å². The smallest absolute Gasteiger partial charge is 0.0627 e. The van der Waals surface area contributed by atoms with Crippen LogP contribution in [0.4, 0.5) is 0 Å².